The van der Waals surface area contributed by atoms with E-state index in [9.17, 15) is 4.79 Å². The molecule has 0 aliphatic carbocycles. The van der Waals surface area contributed by atoms with Crippen LogP contribution in [0.25, 0.3) is 0 Å². The molecule has 3 N–H and O–H groups in total. The van der Waals surface area contributed by atoms with E-state index in [1.54, 1.807) is 24.8 Å². The van der Waals surface area contributed by atoms with Gasteiger partial charge in [0.2, 0.25) is 5.88 Å². The minimum Gasteiger partial charge on any atom is -0.462 e. The summed E-state index contributed by atoms with van der Waals surface area (Å²) in [7, 11) is 0. The second-order valence-electron chi connectivity index (χ2n) is 5.75. The molecule has 21 heavy (non-hydrogen) atoms. The smallest absolute Gasteiger partial charge is 0.271 e. The van der Waals surface area contributed by atoms with Crippen molar-refractivity contribution in [2.45, 2.75) is 38.3 Å². The Balaban J connectivity index is 2.44. The maximum Gasteiger partial charge on any atom is 0.271 e. The van der Waals surface area contributed by atoms with Gasteiger partial charge in [-0.2, -0.15) is 0 Å². The predicted octanol–water partition coefficient (Wildman–Crippen LogP) is 1.81. The van der Waals surface area contributed by atoms with Crippen molar-refractivity contribution in [1.29, 1.82) is 0 Å². The van der Waals surface area contributed by atoms with Gasteiger partial charge in [0.05, 0.1) is 0 Å². The summed E-state index contributed by atoms with van der Waals surface area (Å²) >= 11 is 6.03. The summed E-state index contributed by atoms with van der Waals surface area (Å²) < 4.78 is 5.58. The number of nitrogens with zero attached hydrogens (tertiary/aromatic N) is 1. The van der Waals surface area contributed by atoms with E-state index in [0.29, 0.717) is 10.7 Å². The molecule has 2 aliphatic heterocycles. The molecule has 0 aromatic rings. The van der Waals surface area contributed by atoms with Crippen LogP contribution < -0.4 is 11.1 Å². The van der Waals surface area contributed by atoms with Crippen molar-refractivity contribution in [3.63, 3.8) is 0 Å². The highest BCUT2D eigenvalue weighted by molar-refractivity contribution is 6.31. The van der Waals surface area contributed by atoms with Crippen molar-refractivity contribution in [2.24, 2.45) is 5.73 Å². The average molecular weight is 312 g/mol. The maximum atomic E-state index is 12.8. The summed E-state index contributed by atoms with van der Waals surface area (Å²) in [6, 6.07) is 0.0982. The number of hydrogen-bond acceptors (Lipinski definition) is 4. The number of rotatable bonds is 3. The molecule has 0 unspecified atom stereocenters. The lowest BCUT2D eigenvalue weighted by atomic mass is 9.98. The third kappa shape index (κ3) is 3.24. The quantitative estimate of drug-likeness (QED) is 0.780. The molecule has 1 saturated heterocycles. The molecule has 1 amide bonds. The zero-order valence-electron chi connectivity index (χ0n) is 12.5. The summed E-state index contributed by atoms with van der Waals surface area (Å²) in [5.74, 6) is 0.126. The van der Waals surface area contributed by atoms with Gasteiger partial charge >= 0.3 is 0 Å². The van der Waals surface area contributed by atoms with Crippen LogP contribution in [-0.2, 0) is 9.53 Å². The summed E-state index contributed by atoms with van der Waals surface area (Å²) in [5.41, 5.74) is 5.59. The SMILES string of the molecule is C=C/C(Cl)=C\C1=C(N)OC(C)(C)C(=O)N1C1CCNCC1. The Hall–Kier alpha value is -1.46. The van der Waals surface area contributed by atoms with Gasteiger partial charge in [-0.15, -0.1) is 0 Å². The molecule has 116 valence electrons. The summed E-state index contributed by atoms with van der Waals surface area (Å²) in [6.45, 7) is 8.83. The molecule has 2 aliphatic rings. The third-order valence-corrected chi connectivity index (χ3v) is 4.02. The number of carbonyl (C=O) groups excluding carboxylic acids is 1. The second-order valence-corrected chi connectivity index (χ2v) is 6.19. The number of piperidine rings is 1. The van der Waals surface area contributed by atoms with Gasteiger partial charge in [0.1, 0.15) is 5.70 Å². The molecule has 6 heteroatoms. The molecular formula is C15H22ClN3O2. The van der Waals surface area contributed by atoms with E-state index < -0.39 is 5.60 Å². The lowest BCUT2D eigenvalue weighted by Crippen LogP contribution is -2.56. The third-order valence-electron chi connectivity index (χ3n) is 3.75. The van der Waals surface area contributed by atoms with Crippen LogP contribution in [0.4, 0.5) is 0 Å². The zero-order chi connectivity index (χ0) is 15.6. The molecule has 0 atom stereocenters. The van der Waals surface area contributed by atoms with E-state index in [4.69, 9.17) is 22.1 Å². The largest absolute Gasteiger partial charge is 0.462 e. The molecule has 0 spiro atoms. The Morgan fingerprint density at radius 3 is 2.71 bits per heavy atom. The number of nitrogens with two attached hydrogens (primary N) is 1. The van der Waals surface area contributed by atoms with Crippen LogP contribution in [0.5, 0.6) is 0 Å². The molecule has 5 nitrogen and oxygen atoms in total. The lowest BCUT2D eigenvalue weighted by Gasteiger charge is -2.43. The molecule has 0 aromatic heterocycles. The topological polar surface area (TPSA) is 67.6 Å². The van der Waals surface area contributed by atoms with Gasteiger partial charge in [-0.05, 0) is 45.9 Å². The Kier molecular flexibility index (Phi) is 4.64. The number of carbonyl (C=O) groups is 1. The van der Waals surface area contributed by atoms with Crippen LogP contribution in [0.3, 0.4) is 0 Å². The molecular weight excluding hydrogens is 290 g/mol. The van der Waals surface area contributed by atoms with Gasteiger partial charge in [-0.1, -0.05) is 24.3 Å². The minimum atomic E-state index is -0.965. The fourth-order valence-corrected chi connectivity index (χ4v) is 2.75. The number of nitrogens with one attached hydrogen (secondary N) is 1. The van der Waals surface area contributed by atoms with E-state index in [1.165, 1.54) is 6.08 Å². The van der Waals surface area contributed by atoms with E-state index in [2.05, 4.69) is 11.9 Å². The highest BCUT2D eigenvalue weighted by atomic mass is 35.5. The molecule has 2 rings (SSSR count). The van der Waals surface area contributed by atoms with E-state index in [-0.39, 0.29) is 17.8 Å². The number of amides is 1. The van der Waals surface area contributed by atoms with Crippen molar-refractivity contribution in [3.8, 4) is 0 Å². The van der Waals surface area contributed by atoms with Crippen LogP contribution in [0, 0.1) is 0 Å². The van der Waals surface area contributed by atoms with Gasteiger partial charge in [0.15, 0.2) is 5.60 Å². The summed E-state index contributed by atoms with van der Waals surface area (Å²) in [5, 5.41) is 3.71. The van der Waals surface area contributed by atoms with E-state index >= 15 is 0 Å². The number of halogens is 1. The minimum absolute atomic E-state index is 0.0941. The van der Waals surface area contributed by atoms with Crippen LogP contribution in [0.2, 0.25) is 0 Å². The van der Waals surface area contributed by atoms with Crippen molar-refractivity contribution >= 4 is 17.5 Å². The second kappa shape index (κ2) is 6.12. The highest BCUT2D eigenvalue weighted by Crippen LogP contribution is 2.32. The zero-order valence-corrected chi connectivity index (χ0v) is 13.2. The van der Waals surface area contributed by atoms with Gasteiger partial charge in [-0.25, -0.2) is 0 Å². The Morgan fingerprint density at radius 1 is 1.52 bits per heavy atom. The first-order valence-electron chi connectivity index (χ1n) is 7.09. The summed E-state index contributed by atoms with van der Waals surface area (Å²) in [6.07, 6.45) is 4.89. The van der Waals surface area contributed by atoms with Gasteiger partial charge < -0.3 is 20.7 Å². The molecule has 0 radical (unpaired) electrons. The standard InChI is InChI=1S/C15H22ClN3O2/c1-4-10(16)9-12-13(17)21-15(2,3)14(20)19(12)11-5-7-18-8-6-11/h4,9,11,18H,1,5-8,17H2,2-3H3/b10-9+. The average Bonchev–Trinajstić information content (AvgIpc) is 2.45. The van der Waals surface area contributed by atoms with Crippen molar-refractivity contribution in [3.05, 3.63) is 35.3 Å². The summed E-state index contributed by atoms with van der Waals surface area (Å²) in [4.78, 5) is 14.5. The number of hydrogen-bond donors (Lipinski definition) is 2. The van der Waals surface area contributed by atoms with Gasteiger partial charge in [0, 0.05) is 11.1 Å². The fourth-order valence-electron chi connectivity index (χ4n) is 2.65. The highest BCUT2D eigenvalue weighted by Gasteiger charge is 2.44. The molecule has 0 saturated carbocycles. The molecule has 2 heterocycles. The predicted molar refractivity (Wildman–Crippen MR) is 83.2 cm³/mol. The number of ether oxygens (including phenoxy) is 1. The van der Waals surface area contributed by atoms with E-state index in [1.807, 2.05) is 0 Å². The van der Waals surface area contributed by atoms with Crippen molar-refractivity contribution in [2.75, 3.05) is 13.1 Å². The van der Waals surface area contributed by atoms with Crippen LogP contribution in [0.1, 0.15) is 26.7 Å². The first-order valence-corrected chi connectivity index (χ1v) is 7.47. The van der Waals surface area contributed by atoms with Crippen LogP contribution in [-0.4, -0.2) is 35.5 Å². The molecule has 0 bridgehead atoms. The van der Waals surface area contributed by atoms with Crippen LogP contribution >= 0.6 is 11.6 Å². The Labute approximate surface area is 130 Å². The first-order chi connectivity index (χ1) is 9.86. The maximum absolute atomic E-state index is 12.8. The van der Waals surface area contributed by atoms with Crippen molar-refractivity contribution < 1.29 is 9.53 Å². The Bertz CT molecular complexity index is 505. The normalized spacial score (nSPS) is 24.0. The lowest BCUT2D eigenvalue weighted by molar-refractivity contribution is -0.155. The molecule has 1 fully saturated rings. The van der Waals surface area contributed by atoms with Crippen molar-refractivity contribution in [1.82, 2.24) is 10.2 Å². The molecule has 0 aromatic carbocycles. The van der Waals surface area contributed by atoms with Gasteiger partial charge in [-0.3, -0.25) is 4.79 Å². The monoisotopic (exact) mass is 311 g/mol. The van der Waals surface area contributed by atoms with E-state index in [0.717, 1.165) is 25.9 Å². The van der Waals surface area contributed by atoms with Crippen LogP contribution in [0.15, 0.2) is 35.3 Å². The Morgan fingerprint density at radius 2 is 2.14 bits per heavy atom. The van der Waals surface area contributed by atoms with Gasteiger partial charge in [0.25, 0.3) is 5.91 Å². The fraction of sp³-hybridized carbons (Fsp3) is 0.533. The first kappa shape index (κ1) is 15.9. The number of allylic oxidation sites excluding steroid dienone is 3.